The smallest absolute Gasteiger partial charge is 0.389 e. The van der Waals surface area contributed by atoms with E-state index in [1.807, 2.05) is 6.92 Å². The molecule has 0 aliphatic heterocycles. The molecule has 1 atom stereocenters. The minimum absolute atomic E-state index is 0.571. The molecule has 0 amide bonds. The summed E-state index contributed by atoms with van der Waals surface area (Å²) in [7, 11) is 4.46. The summed E-state index contributed by atoms with van der Waals surface area (Å²) < 4.78 is 31.4. The third kappa shape index (κ3) is 16.8. The first-order valence-electron chi connectivity index (χ1n) is 13.4. The van der Waals surface area contributed by atoms with Crippen LogP contribution in [0.2, 0.25) is 6.04 Å². The normalized spacial score (nSPS) is 13.0. The summed E-state index contributed by atoms with van der Waals surface area (Å²) in [6, 6.07) is 0.939. The molecule has 0 aliphatic carbocycles. The molecule has 0 aromatic carbocycles. The van der Waals surface area contributed by atoms with E-state index in [0.29, 0.717) is 6.42 Å². The van der Waals surface area contributed by atoms with Crippen molar-refractivity contribution >= 4 is 17.6 Å². The monoisotopic (exact) mass is 526 g/mol. The third-order valence-electron chi connectivity index (χ3n) is 6.42. The molecular weight excluding hydrogens is 468 g/mol. The van der Waals surface area contributed by atoms with Crippen molar-refractivity contribution in [1.82, 2.24) is 0 Å². The molecule has 34 heavy (non-hydrogen) atoms. The SMILES string of the molecule is CCC(O)[Si](OC)(OC)OC.CCCCCCCCCCCCCCCC[Si](OC)(OC)OC. The van der Waals surface area contributed by atoms with Gasteiger partial charge in [0.05, 0.1) is 0 Å². The van der Waals surface area contributed by atoms with Gasteiger partial charge in [-0.05, 0) is 12.8 Å². The van der Waals surface area contributed by atoms with Crippen LogP contribution in [0.1, 0.15) is 110 Å². The maximum Gasteiger partial charge on any atom is 0.530 e. The fourth-order valence-electron chi connectivity index (χ4n) is 4.00. The molecule has 1 N–H and O–H groups in total. The molecule has 0 aromatic heterocycles. The Kier molecular flexibility index (Phi) is 26.5. The number of aliphatic hydroxyl groups is 1. The molecule has 0 fully saturated rings. The second-order valence-electron chi connectivity index (χ2n) is 8.78. The van der Waals surface area contributed by atoms with E-state index in [1.165, 1.54) is 105 Å². The first kappa shape index (κ1) is 36.3. The highest BCUT2D eigenvalue weighted by Gasteiger charge is 2.45. The molecule has 0 saturated heterocycles. The van der Waals surface area contributed by atoms with Crippen LogP contribution in [0.3, 0.4) is 0 Å². The van der Waals surface area contributed by atoms with E-state index >= 15 is 0 Å². The number of aliphatic hydroxyl groups excluding tert-OH is 1. The van der Waals surface area contributed by atoms with Crippen molar-refractivity contribution in [2.24, 2.45) is 0 Å². The zero-order valence-electron chi connectivity index (χ0n) is 23.8. The van der Waals surface area contributed by atoms with Crippen molar-refractivity contribution in [2.75, 3.05) is 42.7 Å². The Morgan fingerprint density at radius 2 is 0.824 bits per heavy atom. The minimum atomic E-state index is -2.77. The van der Waals surface area contributed by atoms with E-state index in [1.54, 1.807) is 21.3 Å². The number of hydrogen-bond acceptors (Lipinski definition) is 7. The minimum Gasteiger partial charge on any atom is -0.389 e. The quantitative estimate of drug-likeness (QED) is 0.120. The van der Waals surface area contributed by atoms with Gasteiger partial charge in [0.15, 0.2) is 0 Å². The first-order valence-corrected chi connectivity index (χ1v) is 17.1. The van der Waals surface area contributed by atoms with Crippen molar-refractivity contribution in [2.45, 2.75) is 122 Å². The van der Waals surface area contributed by atoms with Crippen LogP contribution < -0.4 is 0 Å². The lowest BCUT2D eigenvalue weighted by Gasteiger charge is -2.27. The highest BCUT2D eigenvalue weighted by molar-refractivity contribution is 6.62. The molecule has 0 bridgehead atoms. The predicted octanol–water partition coefficient (Wildman–Crippen LogP) is 6.52. The number of unbranched alkanes of at least 4 members (excludes halogenated alkanes) is 13. The van der Waals surface area contributed by atoms with Gasteiger partial charge in [-0.2, -0.15) is 0 Å². The maximum atomic E-state index is 9.45. The Morgan fingerprint density at radius 1 is 0.500 bits per heavy atom. The van der Waals surface area contributed by atoms with Gasteiger partial charge >= 0.3 is 17.6 Å². The van der Waals surface area contributed by atoms with E-state index in [2.05, 4.69) is 6.92 Å². The molecular formula is C25H58O7Si2. The summed E-state index contributed by atoms with van der Waals surface area (Å²) in [5.74, 6) is 0. The van der Waals surface area contributed by atoms with Gasteiger partial charge in [-0.15, -0.1) is 0 Å². The third-order valence-corrected chi connectivity index (χ3v) is 12.2. The van der Waals surface area contributed by atoms with Crippen molar-refractivity contribution in [1.29, 1.82) is 0 Å². The Morgan fingerprint density at radius 3 is 1.06 bits per heavy atom. The Labute approximate surface area is 213 Å². The average Bonchev–Trinajstić information content (AvgIpc) is 2.88. The van der Waals surface area contributed by atoms with E-state index in [4.69, 9.17) is 26.6 Å². The lowest BCUT2D eigenvalue weighted by atomic mass is 10.0. The van der Waals surface area contributed by atoms with Crippen LogP contribution in [0.4, 0.5) is 0 Å². The number of rotatable bonds is 23. The van der Waals surface area contributed by atoms with E-state index < -0.39 is 23.3 Å². The molecule has 0 aliphatic rings. The summed E-state index contributed by atoms with van der Waals surface area (Å²) in [6.45, 7) is 4.13. The maximum absolute atomic E-state index is 9.45. The van der Waals surface area contributed by atoms with Crippen molar-refractivity contribution in [3.63, 3.8) is 0 Å². The summed E-state index contributed by atoms with van der Waals surface area (Å²) in [4.78, 5) is 0. The van der Waals surface area contributed by atoms with Crippen LogP contribution in [0.5, 0.6) is 0 Å². The Hall–Kier alpha value is 0.154. The average molecular weight is 527 g/mol. The summed E-state index contributed by atoms with van der Waals surface area (Å²) in [5, 5.41) is 9.45. The zero-order chi connectivity index (χ0) is 26.1. The molecule has 1 unspecified atom stereocenters. The van der Waals surface area contributed by atoms with Gasteiger partial charge in [-0.1, -0.05) is 97.3 Å². The highest BCUT2D eigenvalue weighted by atomic mass is 28.4. The second kappa shape index (κ2) is 24.8. The fourth-order valence-corrected chi connectivity index (χ4v) is 7.61. The fraction of sp³-hybridized carbons (Fsp3) is 1.00. The van der Waals surface area contributed by atoms with Crippen LogP contribution in [0.15, 0.2) is 0 Å². The largest absolute Gasteiger partial charge is 0.530 e. The van der Waals surface area contributed by atoms with Gasteiger partial charge in [0, 0.05) is 48.7 Å². The van der Waals surface area contributed by atoms with Gasteiger partial charge in [0.1, 0.15) is 5.73 Å². The van der Waals surface area contributed by atoms with Crippen molar-refractivity contribution < 1.29 is 31.7 Å². The molecule has 0 saturated carbocycles. The molecule has 0 radical (unpaired) electrons. The van der Waals surface area contributed by atoms with Crippen LogP contribution in [0, 0.1) is 0 Å². The highest BCUT2D eigenvalue weighted by Crippen LogP contribution is 2.19. The van der Waals surface area contributed by atoms with Crippen LogP contribution in [0.25, 0.3) is 0 Å². The molecule has 9 heteroatoms. The van der Waals surface area contributed by atoms with Crippen LogP contribution in [-0.4, -0.2) is 71.1 Å². The summed E-state index contributed by atoms with van der Waals surface area (Å²) in [6.07, 6.45) is 19.9. The molecule has 0 rings (SSSR count). The molecule has 0 aromatic rings. The van der Waals surface area contributed by atoms with Gasteiger partial charge in [0.2, 0.25) is 0 Å². The molecule has 7 nitrogen and oxygen atoms in total. The van der Waals surface area contributed by atoms with Gasteiger partial charge in [0.25, 0.3) is 0 Å². The van der Waals surface area contributed by atoms with Gasteiger partial charge in [-0.3, -0.25) is 0 Å². The van der Waals surface area contributed by atoms with Crippen LogP contribution in [-0.2, 0) is 26.6 Å². The second-order valence-corrected chi connectivity index (χ2v) is 15.0. The first-order chi connectivity index (χ1) is 16.4. The lowest BCUT2D eigenvalue weighted by molar-refractivity contribution is 0.0573. The van der Waals surface area contributed by atoms with Gasteiger partial charge < -0.3 is 31.7 Å². The predicted molar refractivity (Wildman–Crippen MR) is 145 cm³/mol. The van der Waals surface area contributed by atoms with E-state index in [9.17, 15) is 5.11 Å². The van der Waals surface area contributed by atoms with E-state index in [-0.39, 0.29) is 0 Å². The molecule has 0 spiro atoms. The molecule has 208 valence electrons. The van der Waals surface area contributed by atoms with Gasteiger partial charge in [-0.25, -0.2) is 0 Å². The van der Waals surface area contributed by atoms with Crippen LogP contribution >= 0.6 is 0 Å². The zero-order valence-corrected chi connectivity index (χ0v) is 25.8. The Bertz CT molecular complexity index is 392. The summed E-state index contributed by atoms with van der Waals surface area (Å²) in [5.41, 5.74) is -0.637. The van der Waals surface area contributed by atoms with E-state index in [0.717, 1.165) is 12.5 Å². The lowest BCUT2D eigenvalue weighted by Crippen LogP contribution is -2.54. The summed E-state index contributed by atoms with van der Waals surface area (Å²) >= 11 is 0. The molecule has 0 heterocycles. The van der Waals surface area contributed by atoms with Crippen molar-refractivity contribution in [3.05, 3.63) is 0 Å². The van der Waals surface area contributed by atoms with Crippen molar-refractivity contribution in [3.8, 4) is 0 Å². The topological polar surface area (TPSA) is 75.6 Å². The number of hydrogen-bond donors (Lipinski definition) is 1. The Balaban J connectivity index is 0. The standard InChI is InChI=1S/C19H42O3Si.C6H16O4Si/c1-5-6-7-8-9-10-11-12-13-14-15-16-17-18-19-23(20-2,21-3)22-4;1-5-6(7)11(8-2,9-3)10-4/h5-19H2,1-4H3;6-7H,5H2,1-4H3.